The Balaban J connectivity index is 2.25. The lowest BCUT2D eigenvalue weighted by Gasteiger charge is -2.19. The summed E-state index contributed by atoms with van der Waals surface area (Å²) in [6.45, 7) is 0. The molecular formula is C17H11ClF2N2O2S. The van der Waals surface area contributed by atoms with Crippen molar-refractivity contribution in [2.24, 2.45) is 0 Å². The highest BCUT2D eigenvalue weighted by Gasteiger charge is 2.33. The van der Waals surface area contributed by atoms with Crippen LogP contribution in [0.25, 0.3) is 0 Å². The van der Waals surface area contributed by atoms with Crippen molar-refractivity contribution in [2.45, 2.75) is 10.1 Å². The van der Waals surface area contributed by atoms with Gasteiger partial charge in [-0.2, -0.15) is 0 Å². The van der Waals surface area contributed by atoms with E-state index in [-0.39, 0.29) is 16.0 Å². The van der Waals surface area contributed by atoms with Gasteiger partial charge in [0, 0.05) is 28.5 Å². The first-order valence-electron chi connectivity index (χ1n) is 7.09. The van der Waals surface area contributed by atoms with Crippen LogP contribution in [0.15, 0.2) is 66.1 Å². The van der Waals surface area contributed by atoms with Gasteiger partial charge in [-0.05, 0) is 42.5 Å². The second-order valence-electron chi connectivity index (χ2n) is 5.22. The Morgan fingerprint density at radius 1 is 0.960 bits per heavy atom. The molecule has 128 valence electrons. The van der Waals surface area contributed by atoms with E-state index in [2.05, 4.69) is 9.97 Å². The van der Waals surface area contributed by atoms with Gasteiger partial charge in [0.2, 0.25) is 0 Å². The largest absolute Gasteiger partial charge is 0.244 e. The van der Waals surface area contributed by atoms with Gasteiger partial charge >= 0.3 is 0 Å². The van der Waals surface area contributed by atoms with Crippen molar-refractivity contribution in [2.75, 3.05) is 0 Å². The molecule has 8 heteroatoms. The van der Waals surface area contributed by atoms with Crippen molar-refractivity contribution in [1.29, 1.82) is 0 Å². The Hall–Kier alpha value is -2.38. The molecule has 0 fully saturated rings. The van der Waals surface area contributed by atoms with Crippen molar-refractivity contribution in [3.8, 4) is 0 Å². The Bertz CT molecular complexity index is 997. The molecule has 0 spiro atoms. The van der Waals surface area contributed by atoms with E-state index in [0.717, 1.165) is 18.2 Å². The van der Waals surface area contributed by atoms with Crippen molar-refractivity contribution in [3.63, 3.8) is 0 Å². The molecular weight excluding hydrogens is 370 g/mol. The molecule has 0 saturated heterocycles. The third-order valence-electron chi connectivity index (χ3n) is 3.58. The maximum absolute atomic E-state index is 14.3. The first kappa shape index (κ1) is 17.4. The summed E-state index contributed by atoms with van der Waals surface area (Å²) in [6, 6.07) is 8.12. The number of hydrogen-bond donors (Lipinski definition) is 0. The van der Waals surface area contributed by atoms with Crippen molar-refractivity contribution in [1.82, 2.24) is 9.97 Å². The van der Waals surface area contributed by atoms with Crippen LogP contribution in [0.4, 0.5) is 8.78 Å². The summed E-state index contributed by atoms with van der Waals surface area (Å²) in [5.74, 6) is -1.59. The van der Waals surface area contributed by atoms with Gasteiger partial charge in [0.05, 0.1) is 4.90 Å². The quantitative estimate of drug-likeness (QED) is 0.687. The van der Waals surface area contributed by atoms with Gasteiger partial charge in [-0.15, -0.1) is 0 Å². The fourth-order valence-electron chi connectivity index (χ4n) is 2.45. The van der Waals surface area contributed by atoms with Gasteiger partial charge in [-0.25, -0.2) is 27.2 Å². The summed E-state index contributed by atoms with van der Waals surface area (Å²) >= 11 is 5.80. The van der Waals surface area contributed by atoms with Crippen LogP contribution in [0.3, 0.4) is 0 Å². The summed E-state index contributed by atoms with van der Waals surface area (Å²) in [4.78, 5) is 7.51. The normalized spacial score (nSPS) is 12.8. The third kappa shape index (κ3) is 3.52. The van der Waals surface area contributed by atoms with Gasteiger partial charge < -0.3 is 0 Å². The number of rotatable bonds is 4. The molecule has 3 aromatic rings. The lowest BCUT2D eigenvalue weighted by molar-refractivity contribution is 0.569. The van der Waals surface area contributed by atoms with Crippen LogP contribution in [0.2, 0.25) is 5.02 Å². The zero-order valence-electron chi connectivity index (χ0n) is 12.6. The SMILES string of the molecule is O=S(=O)(c1ccc(Cl)cc1)C(c1cncnc1)c1cc(F)ccc1F. The van der Waals surface area contributed by atoms with Crippen LogP contribution in [-0.4, -0.2) is 18.4 Å². The van der Waals surface area contributed by atoms with Gasteiger partial charge in [0.25, 0.3) is 0 Å². The molecule has 0 N–H and O–H groups in total. The standard InChI is InChI=1S/C17H11ClF2N2O2S/c18-12-1-4-14(5-2-12)25(23,24)17(11-8-21-10-22-9-11)15-7-13(19)3-6-16(15)20/h1-10,17H. The molecule has 3 rings (SSSR count). The fraction of sp³-hybridized carbons (Fsp3) is 0.0588. The molecule has 0 saturated carbocycles. The molecule has 0 amide bonds. The Morgan fingerprint density at radius 3 is 2.24 bits per heavy atom. The zero-order chi connectivity index (χ0) is 18.0. The van der Waals surface area contributed by atoms with E-state index in [0.29, 0.717) is 5.02 Å². The third-order valence-corrected chi connectivity index (χ3v) is 5.90. The molecule has 1 heterocycles. The van der Waals surface area contributed by atoms with E-state index in [4.69, 9.17) is 11.6 Å². The number of nitrogens with zero attached hydrogens (tertiary/aromatic N) is 2. The first-order chi connectivity index (χ1) is 11.9. The second-order valence-corrected chi connectivity index (χ2v) is 7.69. The van der Waals surface area contributed by atoms with Crippen LogP contribution in [0.5, 0.6) is 0 Å². The highest BCUT2D eigenvalue weighted by Crippen LogP contribution is 2.36. The second kappa shape index (κ2) is 6.85. The van der Waals surface area contributed by atoms with Crippen molar-refractivity contribution < 1.29 is 17.2 Å². The number of aromatic nitrogens is 2. The minimum Gasteiger partial charge on any atom is -0.244 e. The van der Waals surface area contributed by atoms with E-state index < -0.39 is 26.7 Å². The summed E-state index contributed by atoms with van der Waals surface area (Å²) in [6.07, 6.45) is 3.74. The maximum atomic E-state index is 14.3. The van der Waals surface area contributed by atoms with Gasteiger partial charge in [-0.1, -0.05) is 11.6 Å². The van der Waals surface area contributed by atoms with Crippen molar-refractivity contribution >= 4 is 21.4 Å². The number of benzene rings is 2. The molecule has 1 unspecified atom stereocenters. The maximum Gasteiger partial charge on any atom is 0.189 e. The summed E-state index contributed by atoms with van der Waals surface area (Å²) < 4.78 is 54.2. The van der Waals surface area contributed by atoms with E-state index >= 15 is 0 Å². The fourth-order valence-corrected chi connectivity index (χ4v) is 4.36. The molecule has 1 aromatic heterocycles. The van der Waals surface area contributed by atoms with Gasteiger partial charge in [0.1, 0.15) is 23.2 Å². The smallest absolute Gasteiger partial charge is 0.189 e. The molecule has 4 nitrogen and oxygen atoms in total. The van der Waals surface area contributed by atoms with Crippen LogP contribution in [0.1, 0.15) is 16.4 Å². The Kier molecular flexibility index (Phi) is 4.78. The zero-order valence-corrected chi connectivity index (χ0v) is 14.2. The highest BCUT2D eigenvalue weighted by molar-refractivity contribution is 7.91. The van der Waals surface area contributed by atoms with Gasteiger partial charge in [-0.3, -0.25) is 0 Å². The predicted molar refractivity (Wildman–Crippen MR) is 88.9 cm³/mol. The molecule has 0 aliphatic rings. The van der Waals surface area contributed by atoms with E-state index in [1.165, 1.54) is 43.0 Å². The molecule has 25 heavy (non-hydrogen) atoms. The number of sulfone groups is 1. The van der Waals surface area contributed by atoms with Crippen LogP contribution in [0, 0.1) is 11.6 Å². The Labute approximate surface area is 148 Å². The average molecular weight is 381 g/mol. The molecule has 1 atom stereocenters. The lowest BCUT2D eigenvalue weighted by atomic mass is 10.1. The van der Waals surface area contributed by atoms with Gasteiger partial charge in [0.15, 0.2) is 9.84 Å². The number of hydrogen-bond acceptors (Lipinski definition) is 4. The molecule has 0 bridgehead atoms. The van der Waals surface area contributed by atoms with Crippen LogP contribution >= 0.6 is 11.6 Å². The van der Waals surface area contributed by atoms with E-state index in [1.807, 2.05) is 0 Å². The average Bonchev–Trinajstić information content (AvgIpc) is 2.59. The molecule has 2 aromatic carbocycles. The van der Waals surface area contributed by atoms with Crippen LogP contribution < -0.4 is 0 Å². The predicted octanol–water partition coefficient (Wildman–Crippen LogP) is 3.97. The molecule has 0 radical (unpaired) electrons. The minimum atomic E-state index is -4.11. The topological polar surface area (TPSA) is 59.9 Å². The first-order valence-corrected chi connectivity index (χ1v) is 9.01. The molecule has 0 aliphatic heterocycles. The Morgan fingerprint density at radius 2 is 1.60 bits per heavy atom. The van der Waals surface area contributed by atoms with Crippen LogP contribution in [-0.2, 0) is 9.84 Å². The van der Waals surface area contributed by atoms with E-state index in [1.54, 1.807) is 0 Å². The highest BCUT2D eigenvalue weighted by atomic mass is 35.5. The minimum absolute atomic E-state index is 0.0746. The number of halogens is 3. The van der Waals surface area contributed by atoms with Crippen molar-refractivity contribution in [3.05, 3.63) is 89.0 Å². The summed E-state index contributed by atoms with van der Waals surface area (Å²) in [5.41, 5.74) is -0.188. The molecule has 0 aliphatic carbocycles. The lowest BCUT2D eigenvalue weighted by Crippen LogP contribution is -2.17. The summed E-state index contributed by atoms with van der Waals surface area (Å²) in [7, 11) is -4.11. The summed E-state index contributed by atoms with van der Waals surface area (Å²) in [5, 5.41) is -1.14. The van der Waals surface area contributed by atoms with E-state index in [9.17, 15) is 17.2 Å². The monoisotopic (exact) mass is 380 g/mol.